The van der Waals surface area contributed by atoms with E-state index in [1.165, 1.54) is 0 Å². The third kappa shape index (κ3) is 5.93. The van der Waals surface area contributed by atoms with E-state index >= 15 is 0 Å². The molecule has 0 bridgehead atoms. The number of guanidine groups is 1. The summed E-state index contributed by atoms with van der Waals surface area (Å²) in [7, 11) is 3.61. The van der Waals surface area contributed by atoms with E-state index in [1.807, 2.05) is 26.4 Å². The summed E-state index contributed by atoms with van der Waals surface area (Å²) in [6, 6.07) is 0. The highest BCUT2D eigenvalue weighted by Crippen LogP contribution is 2.21. The van der Waals surface area contributed by atoms with E-state index in [-0.39, 0.29) is 42.5 Å². The van der Waals surface area contributed by atoms with Crippen molar-refractivity contribution in [2.24, 2.45) is 12.0 Å². The van der Waals surface area contributed by atoms with Crippen LogP contribution in [0.3, 0.4) is 0 Å². The largest absolute Gasteiger partial charge is 0.370 e. The number of ether oxygens (including phenoxy) is 1. The Morgan fingerprint density at radius 3 is 2.92 bits per heavy atom. The second-order valence-corrected chi connectivity index (χ2v) is 5.50. The van der Waals surface area contributed by atoms with Gasteiger partial charge in [-0.1, -0.05) is 6.92 Å². The molecule has 2 rings (SSSR count). The Kier molecular flexibility index (Phi) is 9.04. The summed E-state index contributed by atoms with van der Waals surface area (Å²) in [6.45, 7) is 4.98. The predicted molar refractivity (Wildman–Crippen MR) is 104 cm³/mol. The standard InChI is InChI=1S/C15H26N6O2.HI/c1-4-5-17-14(22)9-18-15(16-2)21-6-7-23-13(11-21)12-8-19-20(3)10-12;/h8,10,13H,4-7,9,11H2,1-3H3,(H,16,18)(H,17,22);1H. The lowest BCUT2D eigenvalue weighted by atomic mass is 10.1. The van der Waals surface area contributed by atoms with Gasteiger partial charge in [-0.15, -0.1) is 24.0 Å². The van der Waals surface area contributed by atoms with Crippen LogP contribution in [0.4, 0.5) is 0 Å². The number of hydrogen-bond acceptors (Lipinski definition) is 4. The number of aryl methyl sites for hydroxylation is 1. The Balaban J connectivity index is 0.00000288. The maximum Gasteiger partial charge on any atom is 0.239 e. The minimum atomic E-state index is -0.0371. The second kappa shape index (κ2) is 10.5. The molecule has 1 aromatic rings. The zero-order chi connectivity index (χ0) is 16.7. The molecule has 0 saturated carbocycles. The highest BCUT2D eigenvalue weighted by Gasteiger charge is 2.25. The van der Waals surface area contributed by atoms with Gasteiger partial charge in [-0.05, 0) is 6.42 Å². The van der Waals surface area contributed by atoms with Crippen molar-refractivity contribution in [3.8, 4) is 0 Å². The average molecular weight is 450 g/mol. The number of hydrogen-bond donors (Lipinski definition) is 2. The third-order valence-corrected chi connectivity index (χ3v) is 3.65. The van der Waals surface area contributed by atoms with Crippen LogP contribution in [0.2, 0.25) is 0 Å². The van der Waals surface area contributed by atoms with E-state index < -0.39 is 0 Å². The third-order valence-electron chi connectivity index (χ3n) is 3.65. The van der Waals surface area contributed by atoms with Crippen molar-refractivity contribution in [2.45, 2.75) is 19.4 Å². The van der Waals surface area contributed by atoms with Crippen LogP contribution in [0.25, 0.3) is 0 Å². The summed E-state index contributed by atoms with van der Waals surface area (Å²) in [4.78, 5) is 18.1. The first kappa shape index (κ1) is 20.7. The van der Waals surface area contributed by atoms with Gasteiger partial charge in [0.05, 0.1) is 25.9 Å². The number of morpholine rings is 1. The molecule has 0 aliphatic carbocycles. The molecule has 24 heavy (non-hydrogen) atoms. The van der Waals surface area contributed by atoms with Crippen LogP contribution in [0, 0.1) is 0 Å². The number of rotatable bonds is 5. The Morgan fingerprint density at radius 2 is 2.29 bits per heavy atom. The fourth-order valence-electron chi connectivity index (χ4n) is 2.47. The first-order valence-corrected chi connectivity index (χ1v) is 7.96. The fourth-order valence-corrected chi connectivity index (χ4v) is 2.47. The quantitative estimate of drug-likeness (QED) is 0.388. The number of amides is 1. The van der Waals surface area contributed by atoms with Crippen LogP contribution in [0.1, 0.15) is 25.0 Å². The molecule has 9 heteroatoms. The minimum absolute atomic E-state index is 0. The molecule has 2 heterocycles. The second-order valence-electron chi connectivity index (χ2n) is 5.50. The van der Waals surface area contributed by atoms with Gasteiger partial charge in [0.1, 0.15) is 6.10 Å². The molecule has 1 aliphatic rings. The highest BCUT2D eigenvalue weighted by atomic mass is 127. The summed E-state index contributed by atoms with van der Waals surface area (Å²) in [5, 5.41) is 10.1. The van der Waals surface area contributed by atoms with Crippen molar-refractivity contribution in [1.29, 1.82) is 0 Å². The van der Waals surface area contributed by atoms with Crippen LogP contribution < -0.4 is 10.6 Å². The van der Waals surface area contributed by atoms with E-state index in [0.29, 0.717) is 25.7 Å². The van der Waals surface area contributed by atoms with Gasteiger partial charge in [-0.2, -0.15) is 5.10 Å². The number of nitrogens with one attached hydrogen (secondary N) is 2. The lowest BCUT2D eigenvalue weighted by molar-refractivity contribution is -0.120. The SMILES string of the molecule is CCCNC(=O)CNC(=NC)N1CCOC(c2cnn(C)c2)C1.I. The molecule has 0 spiro atoms. The van der Waals surface area contributed by atoms with Crippen molar-refractivity contribution >= 4 is 35.8 Å². The molecule has 1 atom stereocenters. The lowest BCUT2D eigenvalue weighted by Gasteiger charge is -2.34. The smallest absolute Gasteiger partial charge is 0.239 e. The van der Waals surface area contributed by atoms with Crippen molar-refractivity contribution in [3.05, 3.63) is 18.0 Å². The summed E-state index contributed by atoms with van der Waals surface area (Å²) in [6.07, 6.45) is 4.67. The van der Waals surface area contributed by atoms with Crippen molar-refractivity contribution < 1.29 is 9.53 Å². The summed E-state index contributed by atoms with van der Waals surface area (Å²) in [5.74, 6) is 0.693. The molecule has 0 aromatic carbocycles. The number of aromatic nitrogens is 2. The van der Waals surface area contributed by atoms with E-state index in [0.717, 1.165) is 18.5 Å². The maximum absolute atomic E-state index is 11.7. The van der Waals surface area contributed by atoms with Gasteiger partial charge in [0.15, 0.2) is 5.96 Å². The Labute approximate surface area is 160 Å². The van der Waals surface area contributed by atoms with Gasteiger partial charge in [0.25, 0.3) is 0 Å². The predicted octanol–water partition coefficient (Wildman–Crippen LogP) is 0.513. The van der Waals surface area contributed by atoms with Crippen molar-refractivity contribution in [2.75, 3.05) is 39.8 Å². The Hall–Kier alpha value is -1.36. The number of carbonyl (C=O) groups is 1. The van der Waals surface area contributed by atoms with E-state index in [2.05, 4.69) is 25.6 Å². The van der Waals surface area contributed by atoms with Gasteiger partial charge >= 0.3 is 0 Å². The molecule has 2 N–H and O–H groups in total. The zero-order valence-corrected chi connectivity index (χ0v) is 16.8. The first-order valence-electron chi connectivity index (χ1n) is 7.96. The molecule has 1 unspecified atom stereocenters. The number of aliphatic imine (C=N–C) groups is 1. The monoisotopic (exact) mass is 450 g/mol. The molecular formula is C15H27IN6O2. The fraction of sp³-hybridized carbons (Fsp3) is 0.667. The summed E-state index contributed by atoms with van der Waals surface area (Å²) in [5.41, 5.74) is 1.05. The Bertz CT molecular complexity index is 548. The van der Waals surface area contributed by atoms with Crippen molar-refractivity contribution in [3.63, 3.8) is 0 Å². The summed E-state index contributed by atoms with van der Waals surface area (Å²) >= 11 is 0. The molecule has 1 fully saturated rings. The van der Waals surface area contributed by atoms with Gasteiger partial charge in [-0.3, -0.25) is 14.5 Å². The van der Waals surface area contributed by atoms with Crippen LogP contribution >= 0.6 is 24.0 Å². The zero-order valence-electron chi connectivity index (χ0n) is 14.5. The van der Waals surface area contributed by atoms with Crippen LogP contribution in [0.5, 0.6) is 0 Å². The van der Waals surface area contributed by atoms with Gasteiger partial charge in [-0.25, -0.2) is 0 Å². The molecule has 8 nitrogen and oxygen atoms in total. The van der Waals surface area contributed by atoms with Crippen LogP contribution in [-0.2, 0) is 16.6 Å². The van der Waals surface area contributed by atoms with E-state index in [1.54, 1.807) is 11.7 Å². The van der Waals surface area contributed by atoms with Gasteiger partial charge in [0.2, 0.25) is 5.91 Å². The minimum Gasteiger partial charge on any atom is -0.370 e. The normalized spacial score (nSPS) is 18.0. The van der Waals surface area contributed by atoms with Crippen LogP contribution in [0.15, 0.2) is 17.4 Å². The molecular weight excluding hydrogens is 423 g/mol. The molecule has 0 radical (unpaired) electrons. The topological polar surface area (TPSA) is 83.8 Å². The van der Waals surface area contributed by atoms with Gasteiger partial charge in [0, 0.05) is 38.9 Å². The average Bonchev–Trinajstić information content (AvgIpc) is 3.00. The molecule has 136 valence electrons. The van der Waals surface area contributed by atoms with Gasteiger partial charge < -0.3 is 20.3 Å². The molecule has 1 saturated heterocycles. The van der Waals surface area contributed by atoms with Crippen LogP contribution in [-0.4, -0.2) is 66.4 Å². The molecule has 1 aliphatic heterocycles. The van der Waals surface area contributed by atoms with E-state index in [4.69, 9.17) is 4.74 Å². The van der Waals surface area contributed by atoms with E-state index in [9.17, 15) is 4.79 Å². The molecule has 1 aromatic heterocycles. The van der Waals surface area contributed by atoms with Crippen molar-refractivity contribution in [1.82, 2.24) is 25.3 Å². The number of halogens is 1. The Morgan fingerprint density at radius 1 is 1.50 bits per heavy atom. The lowest BCUT2D eigenvalue weighted by Crippen LogP contribution is -2.50. The molecule has 1 amide bonds. The number of carbonyl (C=O) groups excluding carboxylic acids is 1. The number of nitrogens with zero attached hydrogens (tertiary/aromatic N) is 4. The first-order chi connectivity index (χ1) is 11.1. The highest BCUT2D eigenvalue weighted by molar-refractivity contribution is 14.0. The summed E-state index contributed by atoms with van der Waals surface area (Å²) < 4.78 is 7.59. The maximum atomic E-state index is 11.7.